The number of nitrogens with zero attached hydrogens (tertiary/aromatic N) is 1. The van der Waals surface area contributed by atoms with Crippen molar-refractivity contribution in [3.63, 3.8) is 0 Å². The minimum Gasteiger partial charge on any atom is -0.457 e. The lowest BCUT2D eigenvalue weighted by molar-refractivity contribution is -0.140. The maximum atomic E-state index is 14.6. The molecule has 30 heavy (non-hydrogen) atoms. The largest absolute Gasteiger partial charge is 0.457 e. The third kappa shape index (κ3) is 4.98. The Bertz CT molecular complexity index is 1050. The van der Waals surface area contributed by atoms with Gasteiger partial charge in [-0.05, 0) is 60.2 Å². The molecule has 0 bridgehead atoms. The Morgan fingerprint density at radius 1 is 1.23 bits per heavy atom. The van der Waals surface area contributed by atoms with Crippen molar-refractivity contribution in [1.29, 1.82) is 0 Å². The molecule has 0 saturated carbocycles. The van der Waals surface area contributed by atoms with Crippen molar-refractivity contribution in [3.05, 3.63) is 94.2 Å². The van der Waals surface area contributed by atoms with E-state index in [1.165, 1.54) is 6.07 Å². The van der Waals surface area contributed by atoms with Crippen molar-refractivity contribution in [1.82, 2.24) is 0 Å². The zero-order chi connectivity index (χ0) is 21.7. The summed E-state index contributed by atoms with van der Waals surface area (Å²) in [5.41, 5.74) is 4.91. The van der Waals surface area contributed by atoms with Gasteiger partial charge in [0.25, 0.3) is 0 Å². The van der Waals surface area contributed by atoms with Crippen LogP contribution in [0.5, 0.6) is 0 Å². The molecule has 154 valence electrons. The Morgan fingerprint density at radius 3 is 2.63 bits per heavy atom. The first kappa shape index (κ1) is 21.4. The van der Waals surface area contributed by atoms with Gasteiger partial charge in [-0.2, -0.15) is 4.91 Å². The van der Waals surface area contributed by atoms with Gasteiger partial charge in [0, 0.05) is 17.1 Å². The summed E-state index contributed by atoms with van der Waals surface area (Å²) < 4.78 is 20.0. The number of esters is 1. The van der Waals surface area contributed by atoms with Crippen LogP contribution in [0.1, 0.15) is 30.0 Å². The van der Waals surface area contributed by atoms with Gasteiger partial charge in [-0.1, -0.05) is 54.2 Å². The van der Waals surface area contributed by atoms with Gasteiger partial charge < -0.3 is 4.74 Å². The van der Waals surface area contributed by atoms with Crippen LogP contribution in [-0.4, -0.2) is 12.5 Å². The molecule has 2 aromatic carbocycles. The predicted molar refractivity (Wildman–Crippen MR) is 117 cm³/mol. The topological polar surface area (TPSA) is 55.7 Å². The highest BCUT2D eigenvalue weighted by molar-refractivity contribution is 5.87. The quantitative estimate of drug-likeness (QED) is 0.315. The van der Waals surface area contributed by atoms with Crippen molar-refractivity contribution in [2.24, 2.45) is 11.1 Å². The van der Waals surface area contributed by atoms with Crippen LogP contribution in [-0.2, 0) is 16.1 Å². The van der Waals surface area contributed by atoms with E-state index >= 15 is 0 Å². The van der Waals surface area contributed by atoms with Crippen LogP contribution in [0, 0.1) is 23.6 Å². The smallest absolute Gasteiger partial charge is 0.333 e. The lowest BCUT2D eigenvalue weighted by atomic mass is 9.90. The number of hydrogen-bond donors (Lipinski definition) is 0. The van der Waals surface area contributed by atoms with E-state index < -0.39 is 5.97 Å². The van der Waals surface area contributed by atoms with E-state index in [4.69, 9.17) is 4.74 Å². The summed E-state index contributed by atoms with van der Waals surface area (Å²) in [7, 11) is 0. The van der Waals surface area contributed by atoms with Gasteiger partial charge >= 0.3 is 5.97 Å². The van der Waals surface area contributed by atoms with Gasteiger partial charge in [-0.25, -0.2) is 9.18 Å². The van der Waals surface area contributed by atoms with Gasteiger partial charge in [0.2, 0.25) is 0 Å². The third-order valence-corrected chi connectivity index (χ3v) is 5.06. The average Bonchev–Trinajstić information content (AvgIpc) is 2.73. The van der Waals surface area contributed by atoms with Crippen molar-refractivity contribution in [2.75, 3.05) is 6.54 Å². The summed E-state index contributed by atoms with van der Waals surface area (Å²) in [4.78, 5) is 22.4. The fourth-order valence-electron chi connectivity index (χ4n) is 3.37. The number of benzene rings is 2. The lowest BCUT2D eigenvalue weighted by Crippen LogP contribution is -2.07. The van der Waals surface area contributed by atoms with Crippen LogP contribution in [0.4, 0.5) is 4.39 Å². The number of rotatable bonds is 7. The first-order chi connectivity index (χ1) is 14.4. The van der Waals surface area contributed by atoms with Crippen LogP contribution in [0.15, 0.2) is 72.0 Å². The molecule has 1 aliphatic carbocycles. The molecule has 1 atom stereocenters. The molecule has 0 N–H and O–H groups in total. The van der Waals surface area contributed by atoms with E-state index in [0.717, 1.165) is 23.1 Å². The van der Waals surface area contributed by atoms with E-state index in [0.29, 0.717) is 22.3 Å². The monoisotopic (exact) mass is 405 g/mol. The standard InChI is InChI=1S/C25H24FNO3/c1-16(2)25(28)30-15-21-13-20(19-7-5-18(6-8-19)14-27-29)9-11-22(21)23-10-4-17(3)12-24(23)26/h4-5,7-13,18H,1,6,14-15H2,2-3H3. The summed E-state index contributed by atoms with van der Waals surface area (Å²) in [6.07, 6.45) is 6.72. The lowest BCUT2D eigenvalue weighted by Gasteiger charge is -2.17. The summed E-state index contributed by atoms with van der Waals surface area (Å²) in [6.45, 7) is 7.29. The summed E-state index contributed by atoms with van der Waals surface area (Å²) in [6, 6.07) is 10.8. The van der Waals surface area contributed by atoms with Gasteiger partial charge in [-0.15, -0.1) is 0 Å². The van der Waals surface area contributed by atoms with Crippen molar-refractivity contribution in [3.8, 4) is 11.1 Å². The second-order valence-electron chi connectivity index (χ2n) is 7.54. The fraction of sp³-hybridized carbons (Fsp3) is 0.240. The normalized spacial score (nSPS) is 15.4. The zero-order valence-electron chi connectivity index (χ0n) is 17.2. The van der Waals surface area contributed by atoms with Gasteiger partial charge in [0.15, 0.2) is 0 Å². The molecule has 0 amide bonds. The van der Waals surface area contributed by atoms with E-state index in [1.807, 2.05) is 43.3 Å². The molecular formula is C25H24FNO3. The number of nitroso groups, excluding NO2 is 1. The fourth-order valence-corrected chi connectivity index (χ4v) is 3.37. The van der Waals surface area contributed by atoms with Crippen molar-refractivity contribution < 1.29 is 13.9 Å². The van der Waals surface area contributed by atoms with Gasteiger partial charge in [-0.3, -0.25) is 0 Å². The molecule has 0 aromatic heterocycles. The maximum absolute atomic E-state index is 14.6. The first-order valence-electron chi connectivity index (χ1n) is 9.79. The Labute approximate surface area is 175 Å². The minimum atomic E-state index is -0.489. The molecule has 0 aliphatic heterocycles. The number of carbonyl (C=O) groups excluding carboxylic acids is 1. The van der Waals surface area contributed by atoms with Crippen molar-refractivity contribution in [2.45, 2.75) is 26.9 Å². The maximum Gasteiger partial charge on any atom is 0.333 e. The molecule has 1 unspecified atom stereocenters. The molecule has 0 saturated heterocycles. The second kappa shape index (κ2) is 9.44. The second-order valence-corrected chi connectivity index (χ2v) is 7.54. The number of halogens is 1. The van der Waals surface area contributed by atoms with Crippen LogP contribution in [0.3, 0.4) is 0 Å². The van der Waals surface area contributed by atoms with E-state index in [2.05, 4.69) is 17.8 Å². The van der Waals surface area contributed by atoms with Crippen LogP contribution >= 0.6 is 0 Å². The number of aryl methyl sites for hydroxylation is 1. The summed E-state index contributed by atoms with van der Waals surface area (Å²) in [5.74, 6) is -0.698. The Morgan fingerprint density at radius 2 is 2.00 bits per heavy atom. The molecule has 0 heterocycles. The van der Waals surface area contributed by atoms with Gasteiger partial charge in [0.1, 0.15) is 12.4 Å². The molecule has 0 fully saturated rings. The summed E-state index contributed by atoms with van der Waals surface area (Å²) >= 11 is 0. The molecular weight excluding hydrogens is 381 g/mol. The highest BCUT2D eigenvalue weighted by Crippen LogP contribution is 2.32. The van der Waals surface area contributed by atoms with Crippen LogP contribution in [0.25, 0.3) is 16.7 Å². The number of hydrogen-bond acceptors (Lipinski definition) is 4. The predicted octanol–water partition coefficient (Wildman–Crippen LogP) is 6.15. The molecule has 3 rings (SSSR count). The highest BCUT2D eigenvalue weighted by Gasteiger charge is 2.16. The van der Waals surface area contributed by atoms with Crippen molar-refractivity contribution >= 4 is 11.5 Å². The summed E-state index contributed by atoms with van der Waals surface area (Å²) in [5, 5.41) is 2.96. The van der Waals surface area contributed by atoms with Gasteiger partial charge in [0.05, 0.1) is 6.54 Å². The Kier molecular flexibility index (Phi) is 6.72. The van der Waals surface area contributed by atoms with Crippen LogP contribution in [0.2, 0.25) is 0 Å². The van der Waals surface area contributed by atoms with Crippen LogP contribution < -0.4 is 0 Å². The molecule has 2 aromatic rings. The number of ether oxygens (including phenoxy) is 1. The first-order valence-corrected chi connectivity index (χ1v) is 9.79. The Hall–Kier alpha value is -3.34. The highest BCUT2D eigenvalue weighted by atomic mass is 19.1. The molecule has 0 spiro atoms. The molecule has 5 heteroatoms. The van der Waals surface area contributed by atoms with E-state index in [1.54, 1.807) is 13.0 Å². The van der Waals surface area contributed by atoms with E-state index in [9.17, 15) is 14.1 Å². The Balaban J connectivity index is 1.97. The molecule has 1 aliphatic rings. The number of allylic oxidation sites excluding steroid dienone is 3. The zero-order valence-corrected chi connectivity index (χ0v) is 17.2. The molecule has 4 nitrogen and oxygen atoms in total. The minimum absolute atomic E-state index is 0.0108. The number of carbonyl (C=O) groups is 1. The third-order valence-electron chi connectivity index (χ3n) is 5.06. The SMILES string of the molecule is C=C(C)C(=O)OCc1cc(C2=CCC(CN=O)C=C2)ccc1-c1ccc(C)cc1F. The van der Waals surface area contributed by atoms with E-state index in [-0.39, 0.29) is 24.9 Å². The average molecular weight is 405 g/mol. The molecule has 0 radical (unpaired) electrons.